The van der Waals surface area contributed by atoms with Crippen LogP contribution in [0.4, 0.5) is 0 Å². The number of hydrogen-bond donors (Lipinski definition) is 4. The number of rotatable bonds is 5. The van der Waals surface area contributed by atoms with E-state index in [4.69, 9.17) is 15.9 Å². The molecule has 0 aromatic rings. The Bertz CT molecular complexity index is 169. The molecule has 0 aliphatic carbocycles. The fourth-order valence-corrected chi connectivity index (χ4v) is 1.03. The smallest absolute Gasteiger partial charge is 0.321 e. The predicted octanol–water partition coefficient (Wildman–Crippen LogP) is -3.92. The van der Waals surface area contributed by atoms with Crippen molar-refractivity contribution < 1.29 is 41.7 Å². The molecule has 16 heavy (non-hydrogen) atoms. The molecule has 0 heterocycles. The lowest BCUT2D eigenvalue weighted by atomic mass is 10.4. The zero-order valence-corrected chi connectivity index (χ0v) is 9.21. The van der Waals surface area contributed by atoms with Gasteiger partial charge in [0, 0.05) is 5.75 Å². The molecule has 0 amide bonds. The molecule has 0 fully saturated rings. The number of aliphatic carboxylic acids is 2. The second-order valence-electron chi connectivity index (χ2n) is 1.85. The van der Waals surface area contributed by atoms with E-state index in [1.807, 2.05) is 0 Å². The van der Waals surface area contributed by atoms with Gasteiger partial charge in [0.15, 0.2) is 0 Å². The van der Waals surface area contributed by atoms with Crippen LogP contribution in [0.2, 0.25) is 0 Å². The number of nitrogens with two attached hydrogens (primary N) is 1. The van der Waals surface area contributed by atoms with Gasteiger partial charge in [-0.15, -0.1) is 11.8 Å². The van der Waals surface area contributed by atoms with Crippen molar-refractivity contribution in [2.75, 3.05) is 11.5 Å². The number of thioether (sulfide) groups is 1. The minimum atomic E-state index is -1.11. The van der Waals surface area contributed by atoms with Crippen molar-refractivity contribution >= 4 is 23.7 Å². The molecule has 1 unspecified atom stereocenters. The lowest BCUT2D eigenvalue weighted by Crippen LogP contribution is -2.32. The van der Waals surface area contributed by atoms with Crippen LogP contribution in [0, 0.1) is 0 Å². The normalized spacial score (nSPS) is 8.56. The maximum Gasteiger partial charge on any atom is 0.321 e. The van der Waals surface area contributed by atoms with E-state index >= 15 is 0 Å². The maximum atomic E-state index is 10.1. The largest absolute Gasteiger partial charge is 0.481 e. The third-order valence-corrected chi connectivity index (χ3v) is 1.89. The Morgan fingerprint density at radius 2 is 1.50 bits per heavy atom. The summed E-state index contributed by atoms with van der Waals surface area (Å²) < 4.78 is 0. The van der Waals surface area contributed by atoms with Gasteiger partial charge in [-0.2, -0.15) is 0 Å². The summed E-state index contributed by atoms with van der Waals surface area (Å²) in [7, 11) is 0. The van der Waals surface area contributed by atoms with Gasteiger partial charge in [-0.3, -0.25) is 9.59 Å². The van der Waals surface area contributed by atoms with Crippen molar-refractivity contribution in [3.8, 4) is 0 Å². The summed E-state index contributed by atoms with van der Waals surface area (Å²) in [4.78, 5) is 20.0. The van der Waals surface area contributed by atoms with Crippen LogP contribution in [-0.2, 0) is 9.59 Å². The Kier molecular flexibility index (Phi) is 44.4. The Hall–Kier alpha value is -0.950. The van der Waals surface area contributed by atoms with E-state index in [0.717, 1.165) is 11.8 Å². The van der Waals surface area contributed by atoms with Gasteiger partial charge in [-0.1, -0.05) is 0 Å². The van der Waals surface area contributed by atoms with Gasteiger partial charge in [-0.05, 0) is 0 Å². The highest BCUT2D eigenvalue weighted by Crippen LogP contribution is 2.00. The highest BCUT2D eigenvalue weighted by atomic mass is 32.2. The molecule has 11 heteroatoms. The van der Waals surface area contributed by atoms with Crippen LogP contribution in [0.15, 0.2) is 0 Å². The Morgan fingerprint density at radius 1 is 1.12 bits per heavy atom. The Morgan fingerprint density at radius 3 is 1.75 bits per heavy atom. The standard InChI is InChI=1S/C5H9NO4S.H3N.4H2O/c6-3(5(9)10)1-11-2-4(7)8;;;;;/h3H,1-2,6H2,(H,7,8)(H,9,10);1H3;4*1H2. The average Bonchev–Trinajstić information content (AvgIpc) is 1.86. The molecule has 0 radical (unpaired) electrons. The molecule has 0 aromatic heterocycles. The second kappa shape index (κ2) is 19.6. The van der Waals surface area contributed by atoms with Gasteiger partial charge in [-0.25, -0.2) is 0 Å². The SMILES string of the molecule is N.NC(CSCC(=O)O)C(=O)O.O.O.O.O. The summed E-state index contributed by atoms with van der Waals surface area (Å²) in [5.41, 5.74) is 5.09. The number of carboxylic acids is 2. The summed E-state index contributed by atoms with van der Waals surface area (Å²) >= 11 is 0.992. The van der Waals surface area contributed by atoms with E-state index in [9.17, 15) is 9.59 Å². The van der Waals surface area contributed by atoms with Gasteiger partial charge in [0.25, 0.3) is 0 Å². The van der Waals surface area contributed by atoms with Crippen molar-refractivity contribution in [2.24, 2.45) is 5.73 Å². The molecule has 0 bridgehead atoms. The fourth-order valence-electron chi connectivity index (χ4n) is 0.344. The molecule has 0 rings (SSSR count). The molecule has 10 nitrogen and oxygen atoms in total. The minimum absolute atomic E-state index is 0. The molecule has 0 spiro atoms. The van der Waals surface area contributed by atoms with E-state index in [2.05, 4.69) is 0 Å². The summed E-state index contributed by atoms with van der Waals surface area (Å²) in [6, 6.07) is -0.973. The van der Waals surface area contributed by atoms with E-state index in [1.165, 1.54) is 0 Å². The van der Waals surface area contributed by atoms with Gasteiger partial charge < -0.3 is 44.0 Å². The van der Waals surface area contributed by atoms with E-state index in [1.54, 1.807) is 0 Å². The van der Waals surface area contributed by atoms with Crippen LogP contribution in [-0.4, -0.2) is 61.6 Å². The van der Waals surface area contributed by atoms with Crippen molar-refractivity contribution in [1.29, 1.82) is 0 Å². The fraction of sp³-hybridized carbons (Fsp3) is 0.600. The Balaban J connectivity index is -0.0000000500. The Labute approximate surface area is 95.6 Å². The van der Waals surface area contributed by atoms with Crippen LogP contribution in [0.3, 0.4) is 0 Å². The van der Waals surface area contributed by atoms with E-state index in [0.29, 0.717) is 0 Å². The zero-order chi connectivity index (χ0) is 8.85. The van der Waals surface area contributed by atoms with Crippen molar-refractivity contribution in [3.63, 3.8) is 0 Å². The van der Waals surface area contributed by atoms with Crippen molar-refractivity contribution in [1.82, 2.24) is 6.15 Å². The van der Waals surface area contributed by atoms with Gasteiger partial charge in [0.2, 0.25) is 0 Å². The third kappa shape index (κ3) is 23.1. The summed E-state index contributed by atoms with van der Waals surface area (Å²) in [6.07, 6.45) is 0. The van der Waals surface area contributed by atoms with Gasteiger partial charge >= 0.3 is 11.9 Å². The van der Waals surface area contributed by atoms with Crippen LogP contribution < -0.4 is 11.9 Å². The summed E-state index contributed by atoms with van der Waals surface area (Å²) in [6.45, 7) is 0. The highest BCUT2D eigenvalue weighted by Gasteiger charge is 2.11. The van der Waals surface area contributed by atoms with Crippen molar-refractivity contribution in [3.05, 3.63) is 0 Å². The lowest BCUT2D eigenvalue weighted by Gasteiger charge is -2.02. The quantitative estimate of drug-likeness (QED) is 0.384. The molecule has 15 N–H and O–H groups in total. The first-order valence-corrected chi connectivity index (χ1v) is 3.97. The second-order valence-corrected chi connectivity index (χ2v) is 2.88. The highest BCUT2D eigenvalue weighted by molar-refractivity contribution is 8.00. The van der Waals surface area contributed by atoms with E-state index in [-0.39, 0.29) is 39.6 Å². The maximum absolute atomic E-state index is 10.1. The molecule has 0 saturated heterocycles. The first kappa shape index (κ1) is 36.3. The number of carboxylic acid groups (broad SMARTS) is 2. The molecular formula is C5H20N2O8S. The van der Waals surface area contributed by atoms with E-state index < -0.39 is 18.0 Å². The van der Waals surface area contributed by atoms with Crippen LogP contribution in [0.5, 0.6) is 0 Å². The molecule has 104 valence electrons. The van der Waals surface area contributed by atoms with Crippen LogP contribution in [0.25, 0.3) is 0 Å². The third-order valence-electron chi connectivity index (χ3n) is 0.840. The first-order valence-electron chi connectivity index (χ1n) is 2.82. The van der Waals surface area contributed by atoms with Gasteiger partial charge in [0.1, 0.15) is 6.04 Å². The molecule has 0 aliphatic rings. The molecular weight excluding hydrogens is 248 g/mol. The topological polar surface area (TPSA) is 262 Å². The number of hydrogen-bond acceptors (Lipinski definition) is 5. The monoisotopic (exact) mass is 268 g/mol. The predicted molar refractivity (Wildman–Crippen MR) is 60.0 cm³/mol. The first-order chi connectivity index (χ1) is 5.04. The molecule has 0 aromatic carbocycles. The zero-order valence-electron chi connectivity index (χ0n) is 8.40. The lowest BCUT2D eigenvalue weighted by molar-refractivity contribution is -0.138. The molecule has 1 atom stereocenters. The molecule has 0 saturated carbocycles. The summed E-state index contributed by atoms with van der Waals surface area (Å²) in [5.74, 6) is -2.06. The van der Waals surface area contributed by atoms with Gasteiger partial charge in [0.05, 0.1) is 5.75 Å². The minimum Gasteiger partial charge on any atom is -0.481 e. The summed E-state index contributed by atoms with van der Waals surface area (Å²) in [5, 5.41) is 16.4. The van der Waals surface area contributed by atoms with Crippen LogP contribution >= 0.6 is 11.8 Å². The van der Waals surface area contributed by atoms with Crippen molar-refractivity contribution in [2.45, 2.75) is 6.04 Å². The van der Waals surface area contributed by atoms with Crippen LogP contribution in [0.1, 0.15) is 0 Å². The average molecular weight is 268 g/mol. The molecule has 0 aliphatic heterocycles. The number of carbonyl (C=O) groups is 2.